The number of benzene rings is 1. The molecule has 0 bridgehead atoms. The van der Waals surface area contributed by atoms with Gasteiger partial charge in [0, 0.05) is 40.3 Å². The molecule has 0 aliphatic carbocycles. The number of hydrogen-bond acceptors (Lipinski definition) is 3. The molecule has 1 aromatic rings. The molecule has 1 heterocycles. The summed E-state index contributed by atoms with van der Waals surface area (Å²) in [5.41, 5.74) is 8.57. The van der Waals surface area contributed by atoms with Crippen LogP contribution in [0.3, 0.4) is 0 Å². The van der Waals surface area contributed by atoms with E-state index in [1.165, 1.54) is 23.4 Å². The third-order valence-electron chi connectivity index (χ3n) is 3.76. The summed E-state index contributed by atoms with van der Waals surface area (Å²) >= 11 is 8.22. The van der Waals surface area contributed by atoms with Crippen LogP contribution in [0.4, 0.5) is 5.69 Å². The van der Waals surface area contributed by atoms with Crippen LogP contribution >= 0.6 is 23.4 Å². The van der Waals surface area contributed by atoms with Crippen molar-refractivity contribution in [3.05, 3.63) is 28.8 Å². The third kappa shape index (κ3) is 4.31. The third-order valence-corrected chi connectivity index (χ3v) is 5.37. The van der Waals surface area contributed by atoms with E-state index in [0.717, 1.165) is 24.5 Å². The number of nitrogens with zero attached hydrogens (tertiary/aromatic N) is 1. The molecule has 20 heavy (non-hydrogen) atoms. The first-order valence-corrected chi connectivity index (χ1v) is 8.67. The number of thioether (sulfide) groups is 1. The van der Waals surface area contributed by atoms with Gasteiger partial charge >= 0.3 is 0 Å². The van der Waals surface area contributed by atoms with Crippen molar-refractivity contribution in [3.8, 4) is 0 Å². The van der Waals surface area contributed by atoms with E-state index in [0.29, 0.717) is 4.75 Å². The molecule has 1 fully saturated rings. The first kappa shape index (κ1) is 16.0. The number of rotatable bonds is 3. The van der Waals surface area contributed by atoms with Crippen LogP contribution in [-0.2, 0) is 6.42 Å². The Morgan fingerprint density at radius 1 is 1.40 bits per heavy atom. The van der Waals surface area contributed by atoms with Crippen LogP contribution in [0.2, 0.25) is 5.02 Å². The highest BCUT2D eigenvalue weighted by atomic mass is 35.5. The largest absolute Gasteiger partial charge is 0.370 e. The lowest BCUT2D eigenvalue weighted by molar-refractivity contribution is 0.635. The minimum absolute atomic E-state index is 0.157. The Bertz CT molecular complexity index is 460. The molecule has 1 aliphatic rings. The van der Waals surface area contributed by atoms with Crippen molar-refractivity contribution < 1.29 is 0 Å². The molecule has 1 unspecified atom stereocenters. The highest BCUT2D eigenvalue weighted by Gasteiger charge is 2.24. The Morgan fingerprint density at radius 2 is 2.15 bits per heavy atom. The van der Waals surface area contributed by atoms with Gasteiger partial charge in [-0.15, -0.1) is 0 Å². The van der Waals surface area contributed by atoms with Crippen LogP contribution in [0.15, 0.2) is 18.2 Å². The van der Waals surface area contributed by atoms with Gasteiger partial charge in [-0.1, -0.05) is 25.4 Å². The topological polar surface area (TPSA) is 29.3 Å². The quantitative estimate of drug-likeness (QED) is 0.916. The van der Waals surface area contributed by atoms with Crippen LogP contribution in [0, 0.1) is 0 Å². The summed E-state index contributed by atoms with van der Waals surface area (Å²) in [6.07, 6.45) is 2.08. The van der Waals surface area contributed by atoms with Gasteiger partial charge < -0.3 is 10.6 Å². The van der Waals surface area contributed by atoms with Crippen molar-refractivity contribution in [2.75, 3.05) is 23.7 Å². The molecule has 2 nitrogen and oxygen atoms in total. The summed E-state index contributed by atoms with van der Waals surface area (Å²) in [5, 5.41) is 0.800. The van der Waals surface area contributed by atoms with E-state index in [2.05, 4.69) is 42.6 Å². The molecule has 0 aromatic heterocycles. The second-order valence-electron chi connectivity index (χ2n) is 6.30. The predicted octanol–water partition coefficient (Wildman–Crippen LogP) is 3.95. The van der Waals surface area contributed by atoms with Crippen LogP contribution in [0.5, 0.6) is 0 Å². The molecule has 1 aromatic carbocycles. The molecule has 2 N–H and O–H groups in total. The lowest BCUT2D eigenvalue weighted by Gasteiger charge is -2.27. The molecule has 2 rings (SSSR count). The standard InChI is InChI=1S/C16H25ClN2S/c1-12(18)10-13-11-14(17)4-5-15(13)19-7-6-16(2,3)20-9-8-19/h4-5,11-12H,6-10,18H2,1-3H3. The van der Waals surface area contributed by atoms with Crippen molar-refractivity contribution in [1.82, 2.24) is 0 Å². The average molecular weight is 313 g/mol. The van der Waals surface area contributed by atoms with Crippen molar-refractivity contribution in [1.29, 1.82) is 0 Å². The van der Waals surface area contributed by atoms with E-state index in [-0.39, 0.29) is 6.04 Å². The zero-order chi connectivity index (χ0) is 14.8. The van der Waals surface area contributed by atoms with E-state index in [9.17, 15) is 0 Å². The van der Waals surface area contributed by atoms with Gasteiger partial charge in [0.05, 0.1) is 0 Å². The van der Waals surface area contributed by atoms with Crippen LogP contribution in [0.25, 0.3) is 0 Å². The molecule has 0 saturated carbocycles. The maximum Gasteiger partial charge on any atom is 0.0410 e. The second kappa shape index (κ2) is 6.59. The molecule has 0 spiro atoms. The van der Waals surface area contributed by atoms with E-state index in [1.807, 2.05) is 13.0 Å². The lowest BCUT2D eigenvalue weighted by Crippen LogP contribution is -2.29. The molecule has 4 heteroatoms. The Labute approximate surface area is 132 Å². The van der Waals surface area contributed by atoms with E-state index in [1.54, 1.807) is 0 Å². The summed E-state index contributed by atoms with van der Waals surface area (Å²) in [6, 6.07) is 6.38. The van der Waals surface area contributed by atoms with E-state index < -0.39 is 0 Å². The number of nitrogens with two attached hydrogens (primary N) is 1. The maximum absolute atomic E-state index is 6.15. The summed E-state index contributed by atoms with van der Waals surface area (Å²) < 4.78 is 0.377. The van der Waals surface area contributed by atoms with Gasteiger partial charge in [-0.3, -0.25) is 0 Å². The average Bonchev–Trinajstić information content (AvgIpc) is 2.50. The smallest absolute Gasteiger partial charge is 0.0410 e. The molecule has 0 amide bonds. The summed E-state index contributed by atoms with van der Waals surface area (Å²) in [6.45, 7) is 8.93. The van der Waals surface area contributed by atoms with Crippen molar-refractivity contribution in [2.24, 2.45) is 5.73 Å². The van der Waals surface area contributed by atoms with E-state index >= 15 is 0 Å². The van der Waals surface area contributed by atoms with Gasteiger partial charge in [0.25, 0.3) is 0 Å². The summed E-state index contributed by atoms with van der Waals surface area (Å²) in [5.74, 6) is 1.17. The second-order valence-corrected chi connectivity index (χ2v) is 8.54. The Morgan fingerprint density at radius 3 is 2.85 bits per heavy atom. The minimum atomic E-state index is 0.157. The number of hydrogen-bond donors (Lipinski definition) is 1. The zero-order valence-corrected chi connectivity index (χ0v) is 14.2. The first-order valence-electron chi connectivity index (χ1n) is 7.30. The molecule has 112 valence electrons. The molecule has 1 atom stereocenters. The molecular weight excluding hydrogens is 288 g/mol. The molecule has 0 radical (unpaired) electrons. The van der Waals surface area contributed by atoms with Gasteiger partial charge in [-0.05, 0) is 43.5 Å². The van der Waals surface area contributed by atoms with E-state index in [4.69, 9.17) is 17.3 Å². The van der Waals surface area contributed by atoms with Crippen LogP contribution in [0.1, 0.15) is 32.8 Å². The molecular formula is C16H25ClN2S. The highest BCUT2D eigenvalue weighted by molar-refractivity contribution is 8.00. The Kier molecular flexibility index (Phi) is 5.27. The zero-order valence-electron chi connectivity index (χ0n) is 12.7. The predicted molar refractivity (Wildman–Crippen MR) is 92.2 cm³/mol. The molecule has 1 aliphatic heterocycles. The van der Waals surface area contributed by atoms with Gasteiger partial charge in [-0.25, -0.2) is 0 Å². The summed E-state index contributed by atoms with van der Waals surface area (Å²) in [4.78, 5) is 2.50. The van der Waals surface area contributed by atoms with Crippen molar-refractivity contribution >= 4 is 29.1 Å². The lowest BCUT2D eigenvalue weighted by atomic mass is 10.0. The van der Waals surface area contributed by atoms with Gasteiger partial charge in [0.15, 0.2) is 0 Å². The first-order chi connectivity index (χ1) is 9.37. The Balaban J connectivity index is 2.22. The summed E-state index contributed by atoms with van der Waals surface area (Å²) in [7, 11) is 0. The fourth-order valence-corrected chi connectivity index (χ4v) is 3.93. The fourth-order valence-electron chi connectivity index (χ4n) is 2.63. The monoisotopic (exact) mass is 312 g/mol. The normalized spacial score (nSPS) is 20.6. The van der Waals surface area contributed by atoms with Gasteiger partial charge in [0.2, 0.25) is 0 Å². The van der Waals surface area contributed by atoms with Crippen LogP contribution < -0.4 is 10.6 Å². The fraction of sp³-hybridized carbons (Fsp3) is 0.625. The van der Waals surface area contributed by atoms with Gasteiger partial charge in [0.1, 0.15) is 0 Å². The number of halogens is 1. The van der Waals surface area contributed by atoms with Crippen LogP contribution in [-0.4, -0.2) is 29.6 Å². The van der Waals surface area contributed by atoms with Gasteiger partial charge in [-0.2, -0.15) is 11.8 Å². The number of anilines is 1. The highest BCUT2D eigenvalue weighted by Crippen LogP contribution is 2.34. The van der Waals surface area contributed by atoms with Crippen molar-refractivity contribution in [3.63, 3.8) is 0 Å². The Hall–Kier alpha value is -0.380. The minimum Gasteiger partial charge on any atom is -0.370 e. The van der Waals surface area contributed by atoms with Crippen molar-refractivity contribution in [2.45, 2.75) is 44.4 Å². The maximum atomic E-state index is 6.15. The molecule has 1 saturated heterocycles. The SMILES string of the molecule is CC(N)Cc1cc(Cl)ccc1N1CCSC(C)(C)CC1.